The second-order valence-corrected chi connectivity index (χ2v) is 6.73. The van der Waals surface area contributed by atoms with Gasteiger partial charge in [0.15, 0.2) is 0 Å². The first-order chi connectivity index (χ1) is 8.95. The molecule has 0 aliphatic rings. The van der Waals surface area contributed by atoms with E-state index < -0.39 is 0 Å². The summed E-state index contributed by atoms with van der Waals surface area (Å²) < 4.78 is 0. The first kappa shape index (κ1) is 16.2. The summed E-state index contributed by atoms with van der Waals surface area (Å²) in [7, 11) is 0. The minimum absolute atomic E-state index is 0.236. The molecule has 0 amide bonds. The van der Waals surface area contributed by atoms with Gasteiger partial charge in [-0.05, 0) is 42.9 Å². The van der Waals surface area contributed by atoms with Crippen LogP contribution in [0.15, 0.2) is 34.3 Å². The Morgan fingerprint density at radius 1 is 1.32 bits per heavy atom. The molecule has 19 heavy (non-hydrogen) atoms. The number of nitrogens with two attached hydrogens (primary N) is 1. The van der Waals surface area contributed by atoms with Crippen LogP contribution in [0.4, 0.5) is 0 Å². The number of hydrogen-bond donors (Lipinski definition) is 2. The molecule has 0 saturated heterocycles. The lowest BCUT2D eigenvalue weighted by Crippen LogP contribution is -2.31. The predicted octanol–water partition coefficient (Wildman–Crippen LogP) is 4.38. The van der Waals surface area contributed by atoms with Crippen LogP contribution in [0.2, 0.25) is 5.02 Å². The van der Waals surface area contributed by atoms with E-state index in [0.717, 1.165) is 30.0 Å². The van der Waals surface area contributed by atoms with Crippen molar-refractivity contribution in [2.45, 2.75) is 38.0 Å². The van der Waals surface area contributed by atoms with Crippen molar-refractivity contribution >= 4 is 29.2 Å². The summed E-state index contributed by atoms with van der Waals surface area (Å²) >= 11 is 7.66. The summed E-state index contributed by atoms with van der Waals surface area (Å²) in [6, 6.07) is 7.89. The molecule has 0 radical (unpaired) electrons. The quantitative estimate of drug-likeness (QED) is 0.196. The monoisotopic (exact) mass is 300 g/mol. The molecule has 0 aliphatic carbocycles. The highest BCUT2D eigenvalue weighted by atomic mass is 35.5. The average Bonchev–Trinajstić information content (AvgIpc) is 2.39. The van der Waals surface area contributed by atoms with Gasteiger partial charge in [-0.15, -0.1) is 11.8 Å². The smallest absolute Gasteiger partial charge is 0.144 e. The maximum absolute atomic E-state index is 8.69. The van der Waals surface area contributed by atoms with Gasteiger partial charge in [0.2, 0.25) is 0 Å². The van der Waals surface area contributed by atoms with Crippen molar-refractivity contribution in [1.29, 1.82) is 0 Å². The van der Waals surface area contributed by atoms with Crippen molar-refractivity contribution in [3.63, 3.8) is 0 Å². The fourth-order valence-corrected chi connectivity index (χ4v) is 2.69. The third-order valence-corrected chi connectivity index (χ3v) is 4.43. The van der Waals surface area contributed by atoms with E-state index in [-0.39, 0.29) is 5.41 Å². The highest BCUT2D eigenvalue weighted by Gasteiger charge is 2.22. The Kier molecular flexibility index (Phi) is 6.52. The van der Waals surface area contributed by atoms with E-state index in [2.05, 4.69) is 5.16 Å². The topological polar surface area (TPSA) is 58.6 Å². The molecule has 0 atom stereocenters. The zero-order valence-corrected chi connectivity index (χ0v) is 13.0. The molecule has 5 heteroatoms. The van der Waals surface area contributed by atoms with E-state index in [9.17, 15) is 0 Å². The van der Waals surface area contributed by atoms with Gasteiger partial charge in [-0.25, -0.2) is 0 Å². The summed E-state index contributed by atoms with van der Waals surface area (Å²) in [5.41, 5.74) is 5.42. The van der Waals surface area contributed by atoms with Gasteiger partial charge in [-0.2, -0.15) is 0 Å². The first-order valence-corrected chi connectivity index (χ1v) is 7.68. The van der Waals surface area contributed by atoms with Gasteiger partial charge in [-0.3, -0.25) is 0 Å². The number of amidine groups is 1. The lowest BCUT2D eigenvalue weighted by Gasteiger charge is -2.22. The third kappa shape index (κ3) is 5.74. The highest BCUT2D eigenvalue weighted by molar-refractivity contribution is 7.99. The second kappa shape index (κ2) is 7.65. The fraction of sp³-hybridized carbons (Fsp3) is 0.500. The number of unbranched alkanes of at least 4 members (excludes halogenated alkanes) is 1. The predicted molar refractivity (Wildman–Crippen MR) is 83.2 cm³/mol. The lowest BCUT2D eigenvalue weighted by atomic mass is 9.86. The molecule has 3 nitrogen and oxygen atoms in total. The minimum atomic E-state index is -0.236. The van der Waals surface area contributed by atoms with Gasteiger partial charge in [0, 0.05) is 15.3 Å². The molecule has 106 valence electrons. The zero-order valence-electron chi connectivity index (χ0n) is 11.4. The van der Waals surface area contributed by atoms with Gasteiger partial charge in [0.25, 0.3) is 0 Å². The SMILES string of the molecule is CC(C)(CCCCSc1ccc(Cl)cc1)/C(N)=N/O. The van der Waals surface area contributed by atoms with Crippen LogP contribution in [0, 0.1) is 5.41 Å². The van der Waals surface area contributed by atoms with Crippen LogP contribution >= 0.6 is 23.4 Å². The van der Waals surface area contributed by atoms with E-state index >= 15 is 0 Å². The summed E-state index contributed by atoms with van der Waals surface area (Å²) in [6.07, 6.45) is 3.09. The maximum atomic E-state index is 8.69. The molecular weight excluding hydrogens is 280 g/mol. The third-order valence-electron chi connectivity index (χ3n) is 3.08. The van der Waals surface area contributed by atoms with Crippen LogP contribution in [0.25, 0.3) is 0 Å². The number of hydrogen-bond acceptors (Lipinski definition) is 3. The Morgan fingerprint density at radius 3 is 2.53 bits per heavy atom. The number of halogens is 1. The molecule has 0 fully saturated rings. The Labute approximate surface area is 124 Å². The van der Waals surface area contributed by atoms with Gasteiger partial charge in [0.05, 0.1) is 0 Å². The van der Waals surface area contributed by atoms with Gasteiger partial charge in [0.1, 0.15) is 5.84 Å². The zero-order chi connectivity index (χ0) is 14.3. The minimum Gasteiger partial charge on any atom is -0.409 e. The van der Waals surface area contributed by atoms with E-state index in [1.165, 1.54) is 4.90 Å². The molecule has 0 unspecified atom stereocenters. The van der Waals surface area contributed by atoms with Crippen molar-refractivity contribution in [2.75, 3.05) is 5.75 Å². The Bertz CT molecular complexity index is 418. The number of benzene rings is 1. The van der Waals surface area contributed by atoms with Crippen LogP contribution in [0.3, 0.4) is 0 Å². The molecule has 0 heterocycles. The average molecular weight is 301 g/mol. The Morgan fingerprint density at radius 2 is 1.95 bits per heavy atom. The standard InChI is InChI=1S/C14H21ClN2OS/c1-14(2,13(16)17-18)9-3-4-10-19-12-7-5-11(15)6-8-12/h5-8,18H,3-4,9-10H2,1-2H3,(H2,16,17). The van der Waals surface area contributed by atoms with Gasteiger partial charge >= 0.3 is 0 Å². The van der Waals surface area contributed by atoms with E-state index in [4.69, 9.17) is 22.5 Å². The van der Waals surface area contributed by atoms with Crippen molar-refractivity contribution in [3.05, 3.63) is 29.3 Å². The van der Waals surface area contributed by atoms with Crippen molar-refractivity contribution < 1.29 is 5.21 Å². The first-order valence-electron chi connectivity index (χ1n) is 6.32. The van der Waals surface area contributed by atoms with Crippen molar-refractivity contribution in [2.24, 2.45) is 16.3 Å². The molecule has 3 N–H and O–H groups in total. The molecular formula is C14H21ClN2OS. The van der Waals surface area contributed by atoms with Crippen LogP contribution in [-0.4, -0.2) is 16.8 Å². The molecule has 1 rings (SSSR count). The molecule has 0 spiro atoms. The number of rotatable bonds is 7. The fourth-order valence-electron chi connectivity index (χ4n) is 1.65. The molecule has 1 aromatic rings. The van der Waals surface area contributed by atoms with Crippen LogP contribution in [-0.2, 0) is 0 Å². The number of thioether (sulfide) groups is 1. The lowest BCUT2D eigenvalue weighted by molar-refractivity contribution is 0.304. The largest absolute Gasteiger partial charge is 0.409 e. The van der Waals surface area contributed by atoms with Gasteiger partial charge < -0.3 is 10.9 Å². The molecule has 0 saturated carbocycles. The summed E-state index contributed by atoms with van der Waals surface area (Å²) in [6.45, 7) is 3.99. The van der Waals surface area contributed by atoms with E-state index in [1.54, 1.807) is 0 Å². The van der Waals surface area contributed by atoms with Crippen LogP contribution in [0.1, 0.15) is 33.1 Å². The normalized spacial score (nSPS) is 12.7. The Balaban J connectivity index is 2.23. The van der Waals surface area contributed by atoms with Crippen LogP contribution < -0.4 is 5.73 Å². The molecule has 0 bridgehead atoms. The molecule has 0 aliphatic heterocycles. The van der Waals surface area contributed by atoms with Crippen LogP contribution in [0.5, 0.6) is 0 Å². The van der Waals surface area contributed by atoms with E-state index in [0.29, 0.717) is 5.84 Å². The number of oxime groups is 1. The van der Waals surface area contributed by atoms with E-state index in [1.807, 2.05) is 49.9 Å². The maximum Gasteiger partial charge on any atom is 0.144 e. The number of nitrogens with zero attached hydrogens (tertiary/aromatic N) is 1. The van der Waals surface area contributed by atoms with Crippen molar-refractivity contribution in [3.8, 4) is 0 Å². The molecule has 1 aromatic carbocycles. The summed E-state index contributed by atoms with van der Waals surface area (Å²) in [5, 5.41) is 12.6. The van der Waals surface area contributed by atoms with Crippen molar-refractivity contribution in [1.82, 2.24) is 0 Å². The van der Waals surface area contributed by atoms with Gasteiger partial charge in [-0.1, -0.05) is 37.0 Å². The molecule has 0 aromatic heterocycles. The second-order valence-electron chi connectivity index (χ2n) is 5.13. The Hall–Kier alpha value is -0.870. The highest BCUT2D eigenvalue weighted by Crippen LogP contribution is 2.26. The summed E-state index contributed by atoms with van der Waals surface area (Å²) in [4.78, 5) is 1.24. The summed E-state index contributed by atoms with van der Waals surface area (Å²) in [5.74, 6) is 1.37.